The van der Waals surface area contributed by atoms with Gasteiger partial charge in [-0.2, -0.15) is 26.2 Å². The van der Waals surface area contributed by atoms with Crippen molar-refractivity contribution in [2.45, 2.75) is 63.8 Å². The third-order valence-corrected chi connectivity index (χ3v) is 4.92. The highest BCUT2D eigenvalue weighted by atomic mass is 32.2. The van der Waals surface area contributed by atoms with Crippen molar-refractivity contribution in [1.29, 1.82) is 0 Å². The van der Waals surface area contributed by atoms with Crippen molar-refractivity contribution in [2.75, 3.05) is 19.6 Å². The van der Waals surface area contributed by atoms with Gasteiger partial charge in [-0.3, -0.25) is 0 Å². The number of hydrogen-bond acceptors (Lipinski definition) is 3. The number of unbranched alkanes of at least 4 members (excludes halogenated alkanes) is 4. The van der Waals surface area contributed by atoms with Gasteiger partial charge in [-0.25, -0.2) is 0 Å². The number of halogens is 3. The topological polar surface area (TPSA) is 43.4 Å². The van der Waals surface area contributed by atoms with Crippen LogP contribution in [0.5, 0.6) is 0 Å². The normalized spacial score (nSPS) is 19.6. The van der Waals surface area contributed by atoms with Crippen molar-refractivity contribution in [2.24, 2.45) is 0 Å². The number of quaternary nitrogens is 1. The maximum atomic E-state index is 12.5. The summed E-state index contributed by atoms with van der Waals surface area (Å²) < 4.78 is 64.4. The Bertz CT molecular complexity index is 403. The second-order valence-electron chi connectivity index (χ2n) is 5.68. The zero-order valence-electron chi connectivity index (χ0n) is 12.5. The van der Waals surface area contributed by atoms with E-state index in [9.17, 15) is 21.6 Å². The van der Waals surface area contributed by atoms with Crippen molar-refractivity contribution in [1.82, 2.24) is 0 Å². The quantitative estimate of drug-likeness (QED) is 0.386. The van der Waals surface area contributed by atoms with E-state index in [-0.39, 0.29) is 0 Å². The first kappa shape index (κ1) is 18.7. The van der Waals surface area contributed by atoms with E-state index in [1.54, 1.807) is 0 Å². The minimum atomic E-state index is -5.53. The molecule has 0 radical (unpaired) electrons. The molecule has 0 N–H and O–H groups in total. The van der Waals surface area contributed by atoms with Crippen molar-refractivity contribution in [3.63, 3.8) is 0 Å². The van der Waals surface area contributed by atoms with E-state index in [2.05, 4.69) is 11.2 Å². The summed E-state index contributed by atoms with van der Waals surface area (Å²) in [5, 5.41) is 0. The average molecular weight is 332 g/mol. The Morgan fingerprint density at radius 3 is 2.10 bits per heavy atom. The molecule has 4 nitrogen and oxygen atoms in total. The summed E-state index contributed by atoms with van der Waals surface area (Å²) in [4.78, 5) is 0. The smallest absolute Gasteiger partial charge is 0.185 e. The Balaban J connectivity index is 2.66. The van der Waals surface area contributed by atoms with Gasteiger partial charge in [-0.1, -0.05) is 30.5 Å². The standard InChI is InChI=1S/C13H25F3NO3S/c1-2-3-4-5-7-10-17(11-8-6-9-12-17)20-21(18,19)13(14,15)16/h2-12H2,1H3/q+1. The summed E-state index contributed by atoms with van der Waals surface area (Å²) in [6.07, 6.45) is 7.07. The van der Waals surface area contributed by atoms with E-state index in [4.69, 9.17) is 0 Å². The van der Waals surface area contributed by atoms with Gasteiger partial charge in [0.05, 0.1) is 0 Å². The lowest BCUT2D eigenvalue weighted by atomic mass is 10.1. The molecule has 0 aromatic carbocycles. The summed E-state index contributed by atoms with van der Waals surface area (Å²) in [5.41, 5.74) is -5.35. The Hall–Kier alpha value is -0.340. The molecule has 0 saturated carbocycles. The van der Waals surface area contributed by atoms with Crippen molar-refractivity contribution in [3.05, 3.63) is 0 Å². The molecule has 8 heteroatoms. The van der Waals surface area contributed by atoms with Crippen LogP contribution in [-0.4, -0.2) is 38.2 Å². The molecule has 0 aliphatic carbocycles. The number of hydroxylamine groups is 3. The van der Waals surface area contributed by atoms with Crippen LogP contribution in [0.4, 0.5) is 13.2 Å². The molecule has 1 saturated heterocycles. The molecule has 1 aliphatic rings. The fourth-order valence-corrected chi connectivity index (χ4v) is 3.40. The highest BCUT2D eigenvalue weighted by Crippen LogP contribution is 2.31. The van der Waals surface area contributed by atoms with Crippen LogP contribution < -0.4 is 0 Å². The fourth-order valence-electron chi connectivity index (χ4n) is 2.68. The lowest BCUT2D eigenvalue weighted by Crippen LogP contribution is -2.54. The summed E-state index contributed by atoms with van der Waals surface area (Å²) in [7, 11) is -5.53. The van der Waals surface area contributed by atoms with Gasteiger partial charge in [0.2, 0.25) is 0 Å². The van der Waals surface area contributed by atoms with Crippen molar-refractivity contribution >= 4 is 10.1 Å². The third-order valence-electron chi connectivity index (χ3n) is 3.84. The number of rotatable bonds is 8. The van der Waals surface area contributed by atoms with Crippen LogP contribution in [-0.2, 0) is 14.4 Å². The number of likely N-dealkylation sites (tertiary alicyclic amines) is 1. The molecule has 0 bridgehead atoms. The van der Waals surface area contributed by atoms with E-state index in [1.165, 1.54) is 0 Å². The van der Waals surface area contributed by atoms with Gasteiger partial charge in [-0.05, 0) is 32.1 Å². The van der Waals surface area contributed by atoms with E-state index < -0.39 is 20.3 Å². The van der Waals surface area contributed by atoms with Crippen molar-refractivity contribution in [3.8, 4) is 0 Å². The summed E-state index contributed by atoms with van der Waals surface area (Å²) >= 11 is 0. The molecular formula is C13H25F3NO3S+. The first-order valence-electron chi connectivity index (χ1n) is 7.61. The van der Waals surface area contributed by atoms with E-state index in [1.807, 2.05) is 0 Å². The average Bonchev–Trinajstić information content (AvgIpc) is 2.37. The van der Waals surface area contributed by atoms with Crippen LogP contribution in [0, 0.1) is 0 Å². The van der Waals surface area contributed by atoms with Gasteiger partial charge in [0, 0.05) is 0 Å². The Morgan fingerprint density at radius 2 is 1.57 bits per heavy atom. The minimum absolute atomic E-state index is 0.332. The van der Waals surface area contributed by atoms with Crippen LogP contribution in [0.3, 0.4) is 0 Å². The minimum Gasteiger partial charge on any atom is -0.185 e. The monoisotopic (exact) mass is 332 g/mol. The molecule has 126 valence electrons. The number of nitrogens with zero attached hydrogens (tertiary/aromatic N) is 1. The second-order valence-corrected chi connectivity index (χ2v) is 7.20. The molecule has 0 aromatic rings. The van der Waals surface area contributed by atoms with Gasteiger partial charge in [-0.15, -0.1) is 0 Å². The van der Waals surface area contributed by atoms with Gasteiger partial charge in [0.25, 0.3) is 0 Å². The predicted octanol–water partition coefficient (Wildman–Crippen LogP) is 3.74. The maximum Gasteiger partial charge on any atom is 0.528 e. The van der Waals surface area contributed by atoms with Crippen LogP contribution in [0.15, 0.2) is 0 Å². The van der Waals surface area contributed by atoms with E-state index in [0.29, 0.717) is 38.9 Å². The zero-order chi connectivity index (χ0) is 16.0. The zero-order valence-corrected chi connectivity index (χ0v) is 13.3. The summed E-state index contributed by atoms with van der Waals surface area (Å²) in [6.45, 7) is 3.09. The first-order valence-corrected chi connectivity index (χ1v) is 9.02. The lowest BCUT2D eigenvalue weighted by molar-refractivity contribution is -1.08. The number of hydrogen-bond donors (Lipinski definition) is 0. The number of alkyl halides is 3. The molecule has 1 fully saturated rings. The second kappa shape index (κ2) is 7.78. The summed E-state index contributed by atoms with van der Waals surface area (Å²) in [6, 6.07) is 0. The van der Waals surface area contributed by atoms with Crippen LogP contribution in [0.25, 0.3) is 0 Å². The Kier molecular flexibility index (Phi) is 6.93. The molecule has 1 aliphatic heterocycles. The van der Waals surface area contributed by atoms with Crippen LogP contribution in [0.2, 0.25) is 0 Å². The molecule has 0 aromatic heterocycles. The lowest BCUT2D eigenvalue weighted by Gasteiger charge is -2.37. The largest absolute Gasteiger partial charge is 0.528 e. The van der Waals surface area contributed by atoms with E-state index in [0.717, 1.165) is 32.1 Å². The van der Waals surface area contributed by atoms with Gasteiger partial charge in [0.15, 0.2) is 0 Å². The first-order chi connectivity index (χ1) is 9.72. The van der Waals surface area contributed by atoms with Crippen LogP contribution >= 0.6 is 0 Å². The Labute approximate surface area is 124 Å². The molecule has 1 rings (SSSR count). The van der Waals surface area contributed by atoms with Gasteiger partial charge in [0.1, 0.15) is 19.6 Å². The van der Waals surface area contributed by atoms with Gasteiger partial charge >= 0.3 is 15.6 Å². The highest BCUT2D eigenvalue weighted by Gasteiger charge is 2.53. The predicted molar refractivity (Wildman–Crippen MR) is 73.5 cm³/mol. The third kappa shape index (κ3) is 5.75. The molecule has 0 amide bonds. The van der Waals surface area contributed by atoms with Crippen molar-refractivity contribution < 1.29 is 30.5 Å². The molecule has 0 spiro atoms. The molecule has 0 unspecified atom stereocenters. The molecular weight excluding hydrogens is 307 g/mol. The molecule has 21 heavy (non-hydrogen) atoms. The highest BCUT2D eigenvalue weighted by molar-refractivity contribution is 7.87. The Morgan fingerprint density at radius 1 is 1.00 bits per heavy atom. The maximum absolute atomic E-state index is 12.5. The molecule has 1 heterocycles. The SMILES string of the molecule is CCCCCCC[N+]1(OS(=O)(=O)C(F)(F)F)CCCCC1. The van der Waals surface area contributed by atoms with Crippen LogP contribution in [0.1, 0.15) is 58.3 Å². The van der Waals surface area contributed by atoms with E-state index >= 15 is 0 Å². The fraction of sp³-hybridized carbons (Fsp3) is 1.00. The summed E-state index contributed by atoms with van der Waals surface area (Å²) in [5.74, 6) is 0. The molecule has 0 atom stereocenters. The number of piperidine rings is 1. The van der Waals surface area contributed by atoms with Gasteiger partial charge < -0.3 is 0 Å².